The Labute approximate surface area is 148 Å². The van der Waals surface area contributed by atoms with Gasteiger partial charge in [0.25, 0.3) is 0 Å². The molecule has 0 heterocycles. The Hall–Kier alpha value is -1.18. The Morgan fingerprint density at radius 3 is 1.35 bits per heavy atom. The van der Waals surface area contributed by atoms with Crippen LogP contribution in [0.25, 0.3) is 0 Å². The van der Waals surface area contributed by atoms with E-state index in [0.717, 1.165) is 36.8 Å². The van der Waals surface area contributed by atoms with Crippen molar-refractivity contribution in [1.82, 2.24) is 0 Å². The molecular weight excluding hydrogens is 351 g/mol. The summed E-state index contributed by atoms with van der Waals surface area (Å²) in [4.78, 5) is 23.8. The molecule has 0 saturated heterocycles. The maximum absolute atomic E-state index is 11.9. The Balaban J connectivity index is 4.35. The third kappa shape index (κ3) is 14.2. The van der Waals surface area contributed by atoms with Gasteiger partial charge in [-0.05, 0) is 0 Å². The van der Waals surface area contributed by atoms with Crippen molar-refractivity contribution in [2.75, 3.05) is 0 Å². The van der Waals surface area contributed by atoms with Crippen molar-refractivity contribution >= 4 is 24.3 Å². The van der Waals surface area contributed by atoms with E-state index in [4.69, 9.17) is 0 Å². The number of carbonyl (C=O) groups excluding carboxylic acids is 2. The second kappa shape index (κ2) is 12.3. The molecule has 0 aliphatic heterocycles. The van der Waals surface area contributed by atoms with Crippen LogP contribution < -0.4 is 0 Å². The fourth-order valence-corrected chi connectivity index (χ4v) is 3.39. The van der Waals surface area contributed by atoms with Crippen molar-refractivity contribution in [2.24, 2.45) is 0 Å². The molecule has 0 bridgehead atoms. The van der Waals surface area contributed by atoms with Gasteiger partial charge in [-0.2, -0.15) is 0 Å². The summed E-state index contributed by atoms with van der Waals surface area (Å²) in [7, 11) is 0. The third-order valence-electron chi connectivity index (χ3n) is 3.11. The summed E-state index contributed by atoms with van der Waals surface area (Å²) in [6.07, 6.45) is 11.3. The standard InChI is InChI=1S/C20H30O2Se/c1-15(2)9-7-11-17(5)13-19(21)23-20(22)14-18(6)12-8-10-16(3)4/h9-10,13-14H,7-8,11-12H2,1-6H3/b17-13+,18-14+. The third-order valence-corrected chi connectivity index (χ3v) is 4.45. The number of rotatable bonds is 10. The van der Waals surface area contributed by atoms with Gasteiger partial charge in [-0.1, -0.05) is 0 Å². The summed E-state index contributed by atoms with van der Waals surface area (Å²) in [6.45, 7) is 12.2. The molecule has 0 saturated carbocycles. The molecule has 0 aromatic heterocycles. The summed E-state index contributed by atoms with van der Waals surface area (Å²) < 4.78 is -0.0731. The minimum atomic E-state index is -0.629. The van der Waals surface area contributed by atoms with E-state index in [1.807, 2.05) is 13.8 Å². The molecular formula is C20H30O2Se. The summed E-state index contributed by atoms with van der Waals surface area (Å²) in [5.41, 5.74) is 4.67. The fourth-order valence-electron chi connectivity index (χ4n) is 1.88. The Kier molecular flexibility index (Phi) is 11.6. The van der Waals surface area contributed by atoms with E-state index in [9.17, 15) is 9.59 Å². The van der Waals surface area contributed by atoms with Gasteiger partial charge in [0, 0.05) is 0 Å². The zero-order valence-corrected chi connectivity index (χ0v) is 17.1. The van der Waals surface area contributed by atoms with Crippen LogP contribution in [0.1, 0.15) is 67.2 Å². The first-order valence-electron chi connectivity index (χ1n) is 8.07. The minimum absolute atomic E-state index is 0.0365. The number of hydrogen-bond donors (Lipinski definition) is 0. The van der Waals surface area contributed by atoms with Crippen LogP contribution in [0.4, 0.5) is 0 Å². The Morgan fingerprint density at radius 1 is 0.696 bits per heavy atom. The predicted octanol–water partition coefficient (Wildman–Crippen LogP) is 5.13. The van der Waals surface area contributed by atoms with Gasteiger partial charge in [0.2, 0.25) is 0 Å². The quantitative estimate of drug-likeness (QED) is 0.299. The van der Waals surface area contributed by atoms with Crippen LogP contribution in [0.2, 0.25) is 0 Å². The Morgan fingerprint density at radius 2 is 1.04 bits per heavy atom. The maximum atomic E-state index is 11.9. The van der Waals surface area contributed by atoms with E-state index in [2.05, 4.69) is 39.8 Å². The molecule has 0 unspecified atom stereocenters. The molecule has 3 heteroatoms. The fraction of sp³-hybridized carbons (Fsp3) is 0.500. The summed E-state index contributed by atoms with van der Waals surface area (Å²) >= 11 is -0.629. The van der Waals surface area contributed by atoms with Crippen molar-refractivity contribution < 1.29 is 9.59 Å². The molecule has 0 N–H and O–H groups in total. The molecule has 0 amide bonds. The van der Waals surface area contributed by atoms with Crippen molar-refractivity contribution in [3.8, 4) is 0 Å². The van der Waals surface area contributed by atoms with E-state index < -0.39 is 15.0 Å². The van der Waals surface area contributed by atoms with Crippen LogP contribution in [-0.2, 0) is 9.59 Å². The van der Waals surface area contributed by atoms with Crippen molar-refractivity contribution in [3.63, 3.8) is 0 Å². The molecule has 0 aromatic carbocycles. The van der Waals surface area contributed by atoms with E-state index in [1.54, 1.807) is 12.2 Å². The van der Waals surface area contributed by atoms with E-state index in [1.165, 1.54) is 11.1 Å². The monoisotopic (exact) mass is 382 g/mol. The van der Waals surface area contributed by atoms with Gasteiger partial charge in [-0.25, -0.2) is 0 Å². The number of hydrogen-bond acceptors (Lipinski definition) is 2. The zero-order chi connectivity index (χ0) is 17.8. The van der Waals surface area contributed by atoms with Gasteiger partial charge in [-0.15, -0.1) is 0 Å². The molecule has 0 rings (SSSR count). The van der Waals surface area contributed by atoms with Crippen LogP contribution in [0.15, 0.2) is 46.6 Å². The average molecular weight is 381 g/mol. The zero-order valence-electron chi connectivity index (χ0n) is 15.4. The molecule has 0 spiro atoms. The van der Waals surface area contributed by atoms with Gasteiger partial charge >= 0.3 is 148 Å². The van der Waals surface area contributed by atoms with Gasteiger partial charge < -0.3 is 0 Å². The Bertz CT molecular complexity index is 478. The second-order valence-corrected chi connectivity index (χ2v) is 8.48. The van der Waals surface area contributed by atoms with Gasteiger partial charge in [0.1, 0.15) is 0 Å². The molecule has 0 aliphatic carbocycles. The topological polar surface area (TPSA) is 34.1 Å². The molecule has 0 radical (unpaired) electrons. The first-order valence-corrected chi connectivity index (χ1v) is 9.79. The summed E-state index contributed by atoms with van der Waals surface area (Å²) in [5.74, 6) is 0. The van der Waals surface area contributed by atoms with Crippen LogP contribution >= 0.6 is 0 Å². The molecule has 0 atom stereocenters. The van der Waals surface area contributed by atoms with Gasteiger partial charge in [0.05, 0.1) is 0 Å². The van der Waals surface area contributed by atoms with Crippen molar-refractivity contribution in [3.05, 3.63) is 46.6 Å². The van der Waals surface area contributed by atoms with Crippen LogP contribution in [0, 0.1) is 0 Å². The first kappa shape index (κ1) is 21.8. The first-order chi connectivity index (χ1) is 10.7. The average Bonchev–Trinajstić information content (AvgIpc) is 2.36. The molecule has 2 nitrogen and oxygen atoms in total. The molecule has 23 heavy (non-hydrogen) atoms. The van der Waals surface area contributed by atoms with E-state index in [0.29, 0.717) is 0 Å². The van der Waals surface area contributed by atoms with Gasteiger partial charge in [0.15, 0.2) is 0 Å². The molecule has 0 aromatic rings. The SMILES string of the molecule is CC(C)=CCC/C(C)=C/C(=O)[Se]C(=O)/C=C(\C)CCC=C(C)C. The van der Waals surface area contributed by atoms with Crippen LogP contribution in [-0.4, -0.2) is 24.3 Å². The van der Waals surface area contributed by atoms with E-state index in [-0.39, 0.29) is 9.36 Å². The van der Waals surface area contributed by atoms with E-state index >= 15 is 0 Å². The van der Waals surface area contributed by atoms with Crippen molar-refractivity contribution in [1.29, 1.82) is 0 Å². The van der Waals surface area contributed by atoms with Crippen LogP contribution in [0.5, 0.6) is 0 Å². The second-order valence-electron chi connectivity index (χ2n) is 6.36. The summed E-state index contributed by atoms with van der Waals surface area (Å²) in [6, 6.07) is 0. The molecule has 0 aliphatic rings. The number of allylic oxidation sites excluding steroid dienone is 8. The van der Waals surface area contributed by atoms with Crippen LogP contribution in [0.3, 0.4) is 0 Å². The molecule has 128 valence electrons. The number of carbonyl (C=O) groups is 2. The normalized spacial score (nSPS) is 11.9. The van der Waals surface area contributed by atoms with Gasteiger partial charge in [-0.3, -0.25) is 0 Å². The summed E-state index contributed by atoms with van der Waals surface area (Å²) in [5, 5.41) is 0. The van der Waals surface area contributed by atoms with Crippen molar-refractivity contribution in [2.45, 2.75) is 67.2 Å². The molecule has 0 fully saturated rings. The predicted molar refractivity (Wildman–Crippen MR) is 101 cm³/mol.